The highest BCUT2D eigenvalue weighted by atomic mass is 35.5. The van der Waals surface area contributed by atoms with Gasteiger partial charge in [-0.1, -0.05) is 6.07 Å². The molecule has 0 spiro atoms. The van der Waals surface area contributed by atoms with Crippen molar-refractivity contribution in [2.24, 2.45) is 0 Å². The third-order valence-electron chi connectivity index (χ3n) is 1.76. The van der Waals surface area contributed by atoms with E-state index in [0.717, 1.165) is 0 Å². The van der Waals surface area contributed by atoms with Gasteiger partial charge in [-0.3, -0.25) is 0 Å². The van der Waals surface area contributed by atoms with Crippen molar-refractivity contribution in [2.45, 2.75) is 6.54 Å². The van der Waals surface area contributed by atoms with Gasteiger partial charge in [-0.15, -0.1) is 0 Å². The predicted molar refractivity (Wildman–Crippen MR) is 52.1 cm³/mol. The van der Waals surface area contributed by atoms with Crippen LogP contribution in [0.5, 0.6) is 5.75 Å². The summed E-state index contributed by atoms with van der Waals surface area (Å²) >= 11 is 5.33. The number of phenols is 1. The molecule has 0 aliphatic carbocycles. The van der Waals surface area contributed by atoms with Crippen LogP contribution in [0, 0.1) is 0 Å². The van der Waals surface area contributed by atoms with Gasteiger partial charge < -0.3 is 9.84 Å². The molecule has 0 saturated carbocycles. The summed E-state index contributed by atoms with van der Waals surface area (Å²) in [6.07, 6.45) is 0. The van der Waals surface area contributed by atoms with Crippen molar-refractivity contribution in [3.8, 4) is 5.75 Å². The number of ether oxygens (including phenoxy) is 1. The number of nitrogens with one attached hydrogen (secondary N) is 1. The molecular weight excluding hydrogens is 206 g/mol. The van der Waals surface area contributed by atoms with Gasteiger partial charge >= 0.3 is 5.97 Å². The molecule has 0 radical (unpaired) electrons. The SMILES string of the molecule is COC(=O)c1cc(O)ccc1CNCl. The summed E-state index contributed by atoms with van der Waals surface area (Å²) in [6, 6.07) is 4.43. The summed E-state index contributed by atoms with van der Waals surface area (Å²) in [6.45, 7) is 0.326. The summed E-state index contributed by atoms with van der Waals surface area (Å²) in [4.78, 5) is 13.7. The molecule has 0 aliphatic heterocycles. The quantitative estimate of drug-likeness (QED) is 0.592. The first-order valence-corrected chi connectivity index (χ1v) is 4.30. The first-order valence-electron chi connectivity index (χ1n) is 3.92. The van der Waals surface area contributed by atoms with Crippen LogP contribution in [0.3, 0.4) is 0 Å². The average Bonchev–Trinajstić information content (AvgIpc) is 2.20. The van der Waals surface area contributed by atoms with Crippen LogP contribution < -0.4 is 4.84 Å². The van der Waals surface area contributed by atoms with E-state index in [1.54, 1.807) is 6.07 Å². The lowest BCUT2D eigenvalue weighted by atomic mass is 10.1. The molecule has 0 saturated heterocycles. The molecule has 1 aromatic rings. The Labute approximate surface area is 86.6 Å². The number of carbonyl (C=O) groups excluding carboxylic acids is 1. The molecule has 0 bridgehead atoms. The van der Waals surface area contributed by atoms with Gasteiger partial charge in [0.15, 0.2) is 0 Å². The largest absolute Gasteiger partial charge is 0.508 e. The summed E-state index contributed by atoms with van der Waals surface area (Å²) in [7, 11) is 1.28. The Morgan fingerprint density at radius 1 is 1.64 bits per heavy atom. The topological polar surface area (TPSA) is 58.6 Å². The minimum Gasteiger partial charge on any atom is -0.508 e. The lowest BCUT2D eigenvalue weighted by Gasteiger charge is -2.06. The van der Waals surface area contributed by atoms with Crippen LogP contribution >= 0.6 is 11.8 Å². The standard InChI is InChI=1S/C9H10ClNO3/c1-14-9(13)8-4-7(12)3-2-6(8)5-11-10/h2-4,11-12H,5H2,1H3. The van der Waals surface area contributed by atoms with E-state index < -0.39 is 5.97 Å². The zero-order valence-electron chi connectivity index (χ0n) is 7.58. The van der Waals surface area contributed by atoms with Crippen molar-refractivity contribution in [2.75, 3.05) is 7.11 Å². The average molecular weight is 216 g/mol. The molecule has 2 N–H and O–H groups in total. The molecule has 0 heterocycles. The number of carbonyl (C=O) groups is 1. The summed E-state index contributed by atoms with van der Waals surface area (Å²) in [5.74, 6) is -0.480. The number of esters is 1. The van der Waals surface area contributed by atoms with E-state index in [-0.39, 0.29) is 5.75 Å². The van der Waals surface area contributed by atoms with Crippen LogP contribution in [0.15, 0.2) is 18.2 Å². The third-order valence-corrected chi connectivity index (χ3v) is 1.89. The normalized spacial score (nSPS) is 9.86. The van der Waals surface area contributed by atoms with Gasteiger partial charge in [-0.05, 0) is 29.5 Å². The number of hydrogen-bond acceptors (Lipinski definition) is 4. The molecular formula is C9H10ClNO3. The van der Waals surface area contributed by atoms with E-state index in [4.69, 9.17) is 11.8 Å². The molecule has 1 aromatic carbocycles. The summed E-state index contributed by atoms with van der Waals surface area (Å²) < 4.78 is 4.56. The third kappa shape index (κ3) is 2.37. The number of halogens is 1. The minimum atomic E-state index is -0.497. The second-order valence-electron chi connectivity index (χ2n) is 2.64. The van der Waals surface area contributed by atoms with Crippen LogP contribution in [-0.4, -0.2) is 18.2 Å². The zero-order valence-corrected chi connectivity index (χ0v) is 8.34. The lowest BCUT2D eigenvalue weighted by molar-refractivity contribution is 0.0599. The van der Waals surface area contributed by atoms with Crippen LogP contribution in [0.1, 0.15) is 15.9 Å². The Bertz CT molecular complexity index is 341. The molecule has 14 heavy (non-hydrogen) atoms. The zero-order chi connectivity index (χ0) is 10.6. The second kappa shape index (κ2) is 4.83. The van der Waals surface area contributed by atoms with E-state index >= 15 is 0 Å². The summed E-state index contributed by atoms with van der Waals surface area (Å²) in [5.41, 5.74) is 0.977. The van der Waals surface area contributed by atoms with Crippen LogP contribution in [0.25, 0.3) is 0 Å². The van der Waals surface area contributed by atoms with Crippen LogP contribution in [0.4, 0.5) is 0 Å². The van der Waals surface area contributed by atoms with E-state index in [1.165, 1.54) is 19.2 Å². The van der Waals surface area contributed by atoms with E-state index in [0.29, 0.717) is 17.7 Å². The number of benzene rings is 1. The smallest absolute Gasteiger partial charge is 0.338 e. The number of methoxy groups -OCH3 is 1. The maximum absolute atomic E-state index is 11.3. The highest BCUT2D eigenvalue weighted by molar-refractivity contribution is 6.13. The van der Waals surface area contributed by atoms with Gasteiger partial charge in [0.05, 0.1) is 12.7 Å². The molecule has 4 nitrogen and oxygen atoms in total. The van der Waals surface area contributed by atoms with Gasteiger partial charge in [0.25, 0.3) is 0 Å². The molecule has 76 valence electrons. The molecule has 0 fully saturated rings. The number of aromatic hydroxyl groups is 1. The van der Waals surface area contributed by atoms with Crippen molar-refractivity contribution < 1.29 is 14.6 Å². The molecule has 0 aliphatic rings. The predicted octanol–water partition coefficient (Wildman–Crippen LogP) is 1.42. The fourth-order valence-electron chi connectivity index (χ4n) is 1.09. The van der Waals surface area contributed by atoms with Crippen molar-refractivity contribution in [1.82, 2.24) is 4.84 Å². The van der Waals surface area contributed by atoms with E-state index in [9.17, 15) is 9.90 Å². The van der Waals surface area contributed by atoms with Gasteiger partial charge in [-0.2, -0.15) is 0 Å². The van der Waals surface area contributed by atoms with Crippen LogP contribution in [-0.2, 0) is 11.3 Å². The van der Waals surface area contributed by atoms with Gasteiger partial charge in [0.1, 0.15) is 5.75 Å². The fraction of sp³-hybridized carbons (Fsp3) is 0.222. The van der Waals surface area contributed by atoms with E-state index in [1.807, 2.05) is 0 Å². The van der Waals surface area contributed by atoms with Crippen molar-refractivity contribution >= 4 is 17.7 Å². The Kier molecular flexibility index (Phi) is 3.73. The first-order chi connectivity index (χ1) is 6.69. The number of rotatable bonds is 3. The Morgan fingerprint density at radius 3 is 2.93 bits per heavy atom. The minimum absolute atomic E-state index is 0.0173. The van der Waals surface area contributed by atoms with Gasteiger partial charge in [0, 0.05) is 6.54 Å². The molecule has 0 amide bonds. The summed E-state index contributed by atoms with van der Waals surface area (Å²) in [5, 5.41) is 9.19. The number of phenolic OH excluding ortho intramolecular Hbond substituents is 1. The van der Waals surface area contributed by atoms with Crippen LogP contribution in [0.2, 0.25) is 0 Å². The first kappa shape index (κ1) is 10.8. The van der Waals surface area contributed by atoms with Gasteiger partial charge in [-0.25, -0.2) is 9.63 Å². The number of hydrogen-bond donors (Lipinski definition) is 2. The molecule has 0 aromatic heterocycles. The second-order valence-corrected chi connectivity index (χ2v) is 2.91. The maximum atomic E-state index is 11.3. The Morgan fingerprint density at radius 2 is 2.36 bits per heavy atom. The molecule has 0 unspecified atom stereocenters. The fourth-order valence-corrected chi connectivity index (χ4v) is 1.23. The van der Waals surface area contributed by atoms with Crippen molar-refractivity contribution in [3.05, 3.63) is 29.3 Å². The Balaban J connectivity index is 3.08. The molecule has 0 atom stereocenters. The highest BCUT2D eigenvalue weighted by Gasteiger charge is 2.11. The van der Waals surface area contributed by atoms with E-state index in [2.05, 4.69) is 9.57 Å². The highest BCUT2D eigenvalue weighted by Crippen LogP contribution is 2.17. The van der Waals surface area contributed by atoms with Gasteiger partial charge in [0.2, 0.25) is 0 Å². The maximum Gasteiger partial charge on any atom is 0.338 e. The lowest BCUT2D eigenvalue weighted by Crippen LogP contribution is -2.09. The monoisotopic (exact) mass is 215 g/mol. The van der Waals surface area contributed by atoms with Crippen molar-refractivity contribution in [1.29, 1.82) is 0 Å². The molecule has 1 rings (SSSR count). The Hall–Kier alpha value is -1.26. The molecule has 5 heteroatoms. The van der Waals surface area contributed by atoms with Crippen molar-refractivity contribution in [3.63, 3.8) is 0 Å².